The minimum atomic E-state index is -4.01. The van der Waals surface area contributed by atoms with Gasteiger partial charge in [-0.1, -0.05) is 11.8 Å². The van der Waals surface area contributed by atoms with Gasteiger partial charge in [-0.25, -0.2) is 4.68 Å². The lowest BCUT2D eigenvalue weighted by Crippen LogP contribution is -2.22. The molecule has 0 saturated carbocycles. The largest absolute Gasteiger partial charge is 0.883 e. The van der Waals surface area contributed by atoms with Gasteiger partial charge in [-0.05, 0) is 41.8 Å². The number of sulfonamides is 1. The SMILES string of the molecule is O=S(=O)(/N=C1\C=CSC1=C([O-])[O-])c1ccc(-n2cccn2)cc1. The molecule has 7 nitrogen and oxygen atoms in total. The molecule has 1 aliphatic heterocycles. The molecule has 2 aromatic rings. The van der Waals surface area contributed by atoms with Crippen LogP contribution in [0.4, 0.5) is 0 Å². The first kappa shape index (κ1) is 15.4. The zero-order valence-electron chi connectivity index (χ0n) is 11.5. The van der Waals surface area contributed by atoms with Gasteiger partial charge in [0.2, 0.25) is 0 Å². The maximum Gasteiger partial charge on any atom is 0.282 e. The lowest BCUT2D eigenvalue weighted by atomic mass is 10.3. The molecule has 0 radical (unpaired) electrons. The molecule has 0 atom stereocenters. The third-order valence-corrected chi connectivity index (χ3v) is 5.14. The van der Waals surface area contributed by atoms with Crippen LogP contribution < -0.4 is 10.2 Å². The summed E-state index contributed by atoms with van der Waals surface area (Å²) in [6.45, 7) is 0. The summed E-state index contributed by atoms with van der Waals surface area (Å²) in [4.78, 5) is -0.259. The van der Waals surface area contributed by atoms with Crippen LogP contribution in [0.1, 0.15) is 0 Å². The molecule has 1 aliphatic rings. The standard InChI is InChI=1S/C14H11N3O4S2/c18-14(19)13-12(6-9-22-13)16-23(20,21)11-4-2-10(3-5-11)17-8-1-7-15-17/h1-9,18-19H/p-2/b16-12+. The van der Waals surface area contributed by atoms with Crippen LogP contribution in [0.3, 0.4) is 0 Å². The van der Waals surface area contributed by atoms with Gasteiger partial charge in [0.05, 0.1) is 16.3 Å². The molecule has 0 bridgehead atoms. The maximum absolute atomic E-state index is 12.3. The molecule has 2 heterocycles. The van der Waals surface area contributed by atoms with Crippen molar-refractivity contribution < 1.29 is 18.6 Å². The zero-order chi connectivity index (χ0) is 16.4. The van der Waals surface area contributed by atoms with E-state index >= 15 is 0 Å². The number of nitrogens with zero attached hydrogens (tertiary/aromatic N) is 3. The Morgan fingerprint density at radius 2 is 1.96 bits per heavy atom. The number of hydrogen-bond acceptors (Lipinski definition) is 6. The highest BCUT2D eigenvalue weighted by atomic mass is 32.2. The van der Waals surface area contributed by atoms with Crippen molar-refractivity contribution in [2.75, 3.05) is 0 Å². The summed E-state index contributed by atoms with van der Waals surface area (Å²) in [5.74, 6) is -1.46. The highest BCUT2D eigenvalue weighted by Gasteiger charge is 2.17. The molecular weight excluding hydrogens is 338 g/mol. The van der Waals surface area contributed by atoms with Gasteiger partial charge in [-0.3, -0.25) is 0 Å². The molecule has 0 N–H and O–H groups in total. The average molecular weight is 347 g/mol. The fraction of sp³-hybridized carbons (Fsp3) is 0. The topological polar surface area (TPSA) is 110 Å². The summed E-state index contributed by atoms with van der Waals surface area (Å²) < 4.78 is 29.7. The average Bonchev–Trinajstić information content (AvgIpc) is 3.18. The molecule has 118 valence electrons. The van der Waals surface area contributed by atoms with E-state index in [0.717, 1.165) is 11.8 Å². The molecule has 0 fully saturated rings. The highest BCUT2D eigenvalue weighted by Crippen LogP contribution is 2.28. The number of hydrogen-bond donors (Lipinski definition) is 0. The maximum atomic E-state index is 12.3. The molecule has 0 aliphatic carbocycles. The Balaban J connectivity index is 1.94. The van der Waals surface area contributed by atoms with Crippen LogP contribution in [-0.2, 0) is 10.0 Å². The van der Waals surface area contributed by atoms with Crippen LogP contribution in [0.2, 0.25) is 0 Å². The Morgan fingerprint density at radius 3 is 2.57 bits per heavy atom. The lowest BCUT2D eigenvalue weighted by Gasteiger charge is -2.20. The van der Waals surface area contributed by atoms with E-state index in [1.807, 2.05) is 0 Å². The first-order chi connectivity index (χ1) is 11.0. The van der Waals surface area contributed by atoms with Crippen LogP contribution in [0.25, 0.3) is 5.69 Å². The van der Waals surface area contributed by atoms with Gasteiger partial charge >= 0.3 is 0 Å². The predicted molar refractivity (Wildman–Crippen MR) is 81.9 cm³/mol. The van der Waals surface area contributed by atoms with Crippen LogP contribution >= 0.6 is 11.8 Å². The number of benzene rings is 1. The van der Waals surface area contributed by atoms with Crippen LogP contribution in [-0.4, -0.2) is 23.9 Å². The second-order valence-electron chi connectivity index (χ2n) is 4.43. The Bertz CT molecular complexity index is 907. The first-order valence-electron chi connectivity index (χ1n) is 6.34. The van der Waals surface area contributed by atoms with E-state index in [2.05, 4.69) is 9.50 Å². The Hall–Kier alpha value is -2.52. The summed E-state index contributed by atoms with van der Waals surface area (Å²) >= 11 is 0.862. The fourth-order valence-corrected chi connectivity index (χ4v) is 3.62. The Labute approximate surface area is 136 Å². The fourth-order valence-electron chi connectivity index (χ4n) is 1.90. The zero-order valence-corrected chi connectivity index (χ0v) is 13.1. The molecule has 3 rings (SSSR count). The molecule has 0 unspecified atom stereocenters. The summed E-state index contributed by atoms with van der Waals surface area (Å²) in [6.07, 6.45) is 4.66. The van der Waals surface area contributed by atoms with Gasteiger partial charge in [0.25, 0.3) is 10.0 Å². The summed E-state index contributed by atoms with van der Waals surface area (Å²) in [5, 5.41) is 27.3. The number of aromatic nitrogens is 2. The lowest BCUT2D eigenvalue weighted by molar-refractivity contribution is -0.513. The third-order valence-electron chi connectivity index (χ3n) is 2.95. The highest BCUT2D eigenvalue weighted by molar-refractivity contribution is 8.07. The van der Waals surface area contributed by atoms with Crippen LogP contribution in [0.15, 0.2) is 74.4 Å². The van der Waals surface area contributed by atoms with Crippen LogP contribution in [0.5, 0.6) is 0 Å². The first-order valence-corrected chi connectivity index (χ1v) is 8.66. The Morgan fingerprint density at radius 1 is 1.22 bits per heavy atom. The minimum Gasteiger partial charge on any atom is -0.883 e. The van der Waals surface area contributed by atoms with Gasteiger partial charge in [0.15, 0.2) is 0 Å². The minimum absolute atomic E-state index is 0.0381. The summed E-state index contributed by atoms with van der Waals surface area (Å²) in [6, 6.07) is 7.70. The predicted octanol–water partition coefficient (Wildman–Crippen LogP) is 0.152. The van der Waals surface area contributed by atoms with Gasteiger partial charge < -0.3 is 10.2 Å². The normalized spacial score (nSPS) is 16.2. The molecule has 0 spiro atoms. The van der Waals surface area contributed by atoms with Gasteiger partial charge in [-0.2, -0.15) is 23.9 Å². The smallest absolute Gasteiger partial charge is 0.282 e. The van der Waals surface area contributed by atoms with Crippen molar-refractivity contribution >= 4 is 27.5 Å². The van der Waals surface area contributed by atoms with E-state index in [9.17, 15) is 18.6 Å². The van der Waals surface area contributed by atoms with Crippen molar-refractivity contribution in [2.24, 2.45) is 4.40 Å². The van der Waals surface area contributed by atoms with E-state index in [1.165, 1.54) is 23.6 Å². The van der Waals surface area contributed by atoms with Gasteiger partial charge in [-0.15, -0.1) is 0 Å². The molecular formula is C14H9N3O4S2-2. The van der Waals surface area contributed by atoms with Crippen molar-refractivity contribution in [1.82, 2.24) is 9.78 Å². The van der Waals surface area contributed by atoms with Gasteiger partial charge in [0, 0.05) is 17.3 Å². The number of allylic oxidation sites excluding steroid dienone is 2. The van der Waals surface area contributed by atoms with E-state index in [-0.39, 0.29) is 15.5 Å². The molecule has 0 saturated heterocycles. The Kier molecular flexibility index (Phi) is 3.97. The summed E-state index contributed by atoms with van der Waals surface area (Å²) in [7, 11) is -4.01. The van der Waals surface area contributed by atoms with E-state index in [1.54, 1.807) is 35.3 Å². The van der Waals surface area contributed by atoms with E-state index < -0.39 is 16.0 Å². The number of rotatable bonds is 3. The van der Waals surface area contributed by atoms with Crippen molar-refractivity contribution in [1.29, 1.82) is 0 Å². The van der Waals surface area contributed by atoms with Gasteiger partial charge in [0.1, 0.15) is 0 Å². The quantitative estimate of drug-likeness (QED) is 0.731. The second-order valence-corrected chi connectivity index (χ2v) is 6.95. The molecule has 23 heavy (non-hydrogen) atoms. The number of thioether (sulfide) groups is 1. The third kappa shape index (κ3) is 3.15. The summed E-state index contributed by atoms with van der Waals surface area (Å²) in [5.41, 5.74) is 0.561. The van der Waals surface area contributed by atoms with E-state index in [4.69, 9.17) is 0 Å². The second kappa shape index (κ2) is 5.94. The molecule has 1 aromatic carbocycles. The monoisotopic (exact) mass is 347 g/mol. The van der Waals surface area contributed by atoms with Crippen molar-refractivity contribution in [3.8, 4) is 5.69 Å². The van der Waals surface area contributed by atoms with Crippen molar-refractivity contribution in [3.05, 3.63) is 65.1 Å². The molecule has 1 aromatic heterocycles. The van der Waals surface area contributed by atoms with Crippen molar-refractivity contribution in [3.63, 3.8) is 0 Å². The van der Waals surface area contributed by atoms with Crippen molar-refractivity contribution in [2.45, 2.75) is 4.90 Å². The molecule has 0 amide bonds. The molecule has 9 heteroatoms. The van der Waals surface area contributed by atoms with Crippen LogP contribution in [0, 0.1) is 0 Å². The van der Waals surface area contributed by atoms with E-state index in [0.29, 0.717) is 5.69 Å².